The van der Waals surface area contributed by atoms with Gasteiger partial charge in [-0.05, 0) is 79.1 Å². The lowest BCUT2D eigenvalue weighted by molar-refractivity contribution is -0.120. The molecule has 0 bridgehead atoms. The van der Waals surface area contributed by atoms with E-state index in [1.54, 1.807) is 0 Å². The minimum Gasteiger partial charge on any atom is -0.399 e. The van der Waals surface area contributed by atoms with Crippen molar-refractivity contribution < 1.29 is 23.5 Å². The Morgan fingerprint density at radius 2 is 1.87 bits per heavy atom. The van der Waals surface area contributed by atoms with Gasteiger partial charge >= 0.3 is 0 Å². The Bertz CT molecular complexity index is 1230. The Balaban J connectivity index is 1.57. The number of benzene rings is 2. The molecule has 2 atom stereocenters. The molecule has 1 aromatic heterocycles. The molecule has 1 aliphatic rings. The topological polar surface area (TPSA) is 98.7 Å². The van der Waals surface area contributed by atoms with E-state index < -0.39 is 29.3 Å². The fourth-order valence-electron chi connectivity index (χ4n) is 5.22. The SMILES string of the molecule is CON=C1CCC(NCC(O)C(Cc2cc(F)cc(F)c2)NC(C)=O)(c2cccc(-c3ccc[nH]3)c2)CC1. The van der Waals surface area contributed by atoms with Crippen molar-refractivity contribution in [1.29, 1.82) is 0 Å². The first-order chi connectivity index (χ1) is 18.3. The zero-order valence-corrected chi connectivity index (χ0v) is 21.6. The molecule has 0 radical (unpaired) electrons. The van der Waals surface area contributed by atoms with E-state index in [0.29, 0.717) is 5.56 Å². The number of hydrogen-bond donors (Lipinski definition) is 4. The highest BCUT2D eigenvalue weighted by Gasteiger charge is 2.37. The number of halogens is 2. The fraction of sp³-hybridized carbons (Fsp3) is 0.379. The van der Waals surface area contributed by atoms with Crippen molar-refractivity contribution >= 4 is 11.6 Å². The smallest absolute Gasteiger partial charge is 0.217 e. The number of aliphatic hydroxyl groups excluding tert-OH is 1. The van der Waals surface area contributed by atoms with Gasteiger partial charge in [0.15, 0.2) is 0 Å². The summed E-state index contributed by atoms with van der Waals surface area (Å²) >= 11 is 0. The second kappa shape index (κ2) is 12.3. The fourth-order valence-corrected chi connectivity index (χ4v) is 5.22. The number of nitrogens with one attached hydrogen (secondary N) is 3. The van der Waals surface area contributed by atoms with Gasteiger partial charge in [0.05, 0.1) is 17.9 Å². The van der Waals surface area contributed by atoms with Crippen LogP contribution in [0.1, 0.15) is 43.7 Å². The van der Waals surface area contributed by atoms with Crippen molar-refractivity contribution in [2.45, 2.75) is 56.7 Å². The molecule has 4 rings (SSSR count). The maximum absolute atomic E-state index is 13.8. The van der Waals surface area contributed by atoms with Gasteiger partial charge in [0.25, 0.3) is 0 Å². The van der Waals surface area contributed by atoms with E-state index in [-0.39, 0.29) is 18.9 Å². The van der Waals surface area contributed by atoms with Crippen LogP contribution in [0.25, 0.3) is 11.3 Å². The van der Waals surface area contributed by atoms with E-state index in [1.165, 1.54) is 26.2 Å². The molecule has 7 nitrogen and oxygen atoms in total. The van der Waals surface area contributed by atoms with Gasteiger partial charge in [-0.2, -0.15) is 0 Å². The average molecular weight is 525 g/mol. The first-order valence-electron chi connectivity index (χ1n) is 12.8. The van der Waals surface area contributed by atoms with Crippen LogP contribution in [-0.2, 0) is 21.6 Å². The molecular formula is C29H34F2N4O3. The number of nitrogens with zero attached hydrogens (tertiary/aromatic N) is 1. The maximum Gasteiger partial charge on any atom is 0.217 e. The number of carbonyl (C=O) groups excluding carboxylic acids is 1. The number of aromatic amines is 1. The molecule has 1 aliphatic carbocycles. The van der Waals surface area contributed by atoms with Gasteiger partial charge in [0.2, 0.25) is 5.91 Å². The number of aromatic nitrogens is 1. The van der Waals surface area contributed by atoms with Crippen molar-refractivity contribution in [2.24, 2.45) is 5.16 Å². The first kappa shape index (κ1) is 27.5. The summed E-state index contributed by atoms with van der Waals surface area (Å²) in [6.07, 6.45) is 3.86. The molecule has 0 spiro atoms. The van der Waals surface area contributed by atoms with Crippen molar-refractivity contribution in [3.63, 3.8) is 0 Å². The maximum atomic E-state index is 13.8. The van der Waals surface area contributed by atoms with Gasteiger partial charge in [0, 0.05) is 37.0 Å². The molecule has 1 fully saturated rings. The molecule has 4 N–H and O–H groups in total. The van der Waals surface area contributed by atoms with E-state index in [1.807, 2.05) is 30.5 Å². The zero-order chi connectivity index (χ0) is 27.1. The molecule has 1 heterocycles. The van der Waals surface area contributed by atoms with Gasteiger partial charge in [-0.25, -0.2) is 8.78 Å². The lowest BCUT2D eigenvalue weighted by Crippen LogP contribution is -2.53. The molecule has 0 aliphatic heterocycles. The molecule has 202 valence electrons. The zero-order valence-electron chi connectivity index (χ0n) is 21.6. The third-order valence-electron chi connectivity index (χ3n) is 7.11. The summed E-state index contributed by atoms with van der Waals surface area (Å²) in [5, 5.41) is 21.7. The number of hydrogen-bond acceptors (Lipinski definition) is 5. The van der Waals surface area contributed by atoms with Crippen LogP contribution in [0.15, 0.2) is 65.9 Å². The number of aliphatic hydroxyl groups is 1. The highest BCUT2D eigenvalue weighted by Crippen LogP contribution is 2.38. The van der Waals surface area contributed by atoms with Crippen molar-refractivity contribution in [3.8, 4) is 11.3 Å². The lowest BCUT2D eigenvalue weighted by Gasteiger charge is -2.40. The predicted octanol–water partition coefficient (Wildman–Crippen LogP) is 4.43. The highest BCUT2D eigenvalue weighted by molar-refractivity contribution is 5.85. The van der Waals surface area contributed by atoms with Crippen LogP contribution in [-0.4, -0.2) is 47.5 Å². The number of amides is 1. The monoisotopic (exact) mass is 524 g/mol. The number of rotatable bonds is 10. The van der Waals surface area contributed by atoms with E-state index in [0.717, 1.165) is 54.3 Å². The summed E-state index contributed by atoms with van der Waals surface area (Å²) in [4.78, 5) is 20.1. The minimum absolute atomic E-state index is 0.0804. The molecule has 3 aromatic rings. The van der Waals surface area contributed by atoms with Crippen molar-refractivity contribution in [3.05, 3.63) is 83.6 Å². The third-order valence-corrected chi connectivity index (χ3v) is 7.11. The lowest BCUT2D eigenvalue weighted by atomic mass is 9.75. The third kappa shape index (κ3) is 6.85. The van der Waals surface area contributed by atoms with Crippen LogP contribution in [0, 0.1) is 11.6 Å². The average Bonchev–Trinajstić information content (AvgIpc) is 3.43. The van der Waals surface area contributed by atoms with E-state index in [4.69, 9.17) is 4.84 Å². The molecule has 2 aromatic carbocycles. The number of carbonyl (C=O) groups is 1. The summed E-state index contributed by atoms with van der Waals surface area (Å²) in [6, 6.07) is 14.7. The second-order valence-corrected chi connectivity index (χ2v) is 9.82. The molecule has 1 amide bonds. The van der Waals surface area contributed by atoms with Crippen LogP contribution in [0.5, 0.6) is 0 Å². The Labute approximate surface area is 221 Å². The second-order valence-electron chi connectivity index (χ2n) is 9.82. The Morgan fingerprint density at radius 3 is 2.50 bits per heavy atom. The summed E-state index contributed by atoms with van der Waals surface area (Å²) in [7, 11) is 1.54. The van der Waals surface area contributed by atoms with Gasteiger partial charge in [-0.3, -0.25) is 4.79 Å². The van der Waals surface area contributed by atoms with Crippen LogP contribution < -0.4 is 10.6 Å². The number of H-pyrrole nitrogens is 1. The van der Waals surface area contributed by atoms with Gasteiger partial charge < -0.3 is 25.6 Å². The Morgan fingerprint density at radius 1 is 1.13 bits per heavy atom. The standard InChI is InChI=1S/C29H34F2N4O3/c1-19(36)34-27(15-20-13-23(30)17-24(31)14-20)28(37)18-33-29(10-8-25(9-11-29)35-38-2)22-6-3-5-21(16-22)26-7-4-12-32-26/h3-7,12-14,16-17,27-28,32-33,37H,8-11,15,18H2,1-2H3,(H,34,36). The molecule has 1 saturated carbocycles. The van der Waals surface area contributed by atoms with Crippen molar-refractivity contribution in [1.82, 2.24) is 15.6 Å². The van der Waals surface area contributed by atoms with Crippen LogP contribution in [0.4, 0.5) is 8.78 Å². The summed E-state index contributed by atoms with van der Waals surface area (Å²) in [5.41, 5.74) is 4.02. The minimum atomic E-state index is -1.01. The Hall–Kier alpha value is -3.56. The van der Waals surface area contributed by atoms with Crippen LogP contribution in [0.3, 0.4) is 0 Å². The highest BCUT2D eigenvalue weighted by atomic mass is 19.1. The number of oxime groups is 1. The molecule has 0 saturated heterocycles. The molecule has 38 heavy (non-hydrogen) atoms. The molecule has 9 heteroatoms. The van der Waals surface area contributed by atoms with Gasteiger partial charge in [0.1, 0.15) is 18.7 Å². The van der Waals surface area contributed by atoms with E-state index in [2.05, 4.69) is 32.9 Å². The Kier molecular flexibility index (Phi) is 8.91. The first-order valence-corrected chi connectivity index (χ1v) is 12.8. The predicted molar refractivity (Wildman–Crippen MR) is 142 cm³/mol. The summed E-state index contributed by atoms with van der Waals surface area (Å²) < 4.78 is 27.5. The largest absolute Gasteiger partial charge is 0.399 e. The van der Waals surface area contributed by atoms with Crippen molar-refractivity contribution in [2.75, 3.05) is 13.7 Å². The van der Waals surface area contributed by atoms with Gasteiger partial charge in [-0.15, -0.1) is 0 Å². The van der Waals surface area contributed by atoms with E-state index in [9.17, 15) is 18.7 Å². The normalized spacial score (nSPS) is 19.0. The van der Waals surface area contributed by atoms with E-state index >= 15 is 0 Å². The summed E-state index contributed by atoms with van der Waals surface area (Å²) in [5.74, 6) is -1.74. The van der Waals surface area contributed by atoms with Gasteiger partial charge in [-0.1, -0.05) is 23.4 Å². The van der Waals surface area contributed by atoms with Crippen LogP contribution in [0.2, 0.25) is 0 Å². The quantitative estimate of drug-likeness (QED) is 0.295. The molecule has 2 unspecified atom stereocenters. The summed E-state index contributed by atoms with van der Waals surface area (Å²) in [6.45, 7) is 1.51. The van der Waals surface area contributed by atoms with Crippen LogP contribution >= 0.6 is 0 Å². The molecular weight excluding hydrogens is 490 g/mol.